The van der Waals surface area contributed by atoms with Crippen LogP contribution < -0.4 is 16.0 Å². The Morgan fingerprint density at radius 1 is 0.890 bits per heavy atom. The molecule has 0 spiro atoms. The normalized spacial score (nSPS) is 16.7. The number of hydrogen-bond acceptors (Lipinski definition) is 18. The second kappa shape index (κ2) is 22.3. The third kappa shape index (κ3) is 15.7. The molecule has 2 fully saturated rings. The van der Waals surface area contributed by atoms with E-state index in [0.717, 1.165) is 16.1 Å². The number of nitrogens with one attached hydrogen (secondary N) is 3. The largest absolute Gasteiger partial charge is 0.450 e. The van der Waals surface area contributed by atoms with Gasteiger partial charge in [0.25, 0.3) is 11.8 Å². The molecule has 1 saturated heterocycles. The first-order chi connectivity index (χ1) is 34.1. The van der Waals surface area contributed by atoms with Crippen molar-refractivity contribution in [2.45, 2.75) is 135 Å². The van der Waals surface area contributed by atoms with Gasteiger partial charge in [-0.25, -0.2) is 28.5 Å². The number of carbonyl (C=O) groups excluding carboxylic acids is 6. The van der Waals surface area contributed by atoms with Crippen molar-refractivity contribution >= 4 is 68.5 Å². The van der Waals surface area contributed by atoms with Crippen LogP contribution in [0.5, 0.6) is 0 Å². The summed E-state index contributed by atoms with van der Waals surface area (Å²) >= 11 is 0.880. The standard InChI is InChI=1S/C47H60N10O14S2/c1-44(2,3)68-41(61)48-23-16-24-55(43(63)70-46(7,8)9)26-31-25-49-56(53-31)27-33-35(38(59)57(33)73(64,65)66)51-37(58)34(32-28-72-40(50-32)52-42(62)69-45(4,5)6)54-71-47(21-22-47)39(60)67-36(29-17-12-10-13-18-29)30-19-14-11-15-20-30/h10-15,17-20,25,28,33,35-36H,16,21-24,26-27H2,1-9H3,(H,48,61)(H,51,58)(H,50,52,62)(H,64,65,66)/b54-34+/t33-,35+/m1/s1. The molecule has 73 heavy (non-hydrogen) atoms. The maximum atomic E-state index is 14.3. The summed E-state index contributed by atoms with van der Waals surface area (Å²) in [6.07, 6.45) is -1.16. The molecule has 4 aromatic rings. The van der Waals surface area contributed by atoms with Gasteiger partial charge in [-0.2, -0.15) is 23.4 Å². The van der Waals surface area contributed by atoms with Crippen LogP contribution in [0, 0.1) is 0 Å². The van der Waals surface area contributed by atoms with Gasteiger partial charge in [-0.1, -0.05) is 65.8 Å². The van der Waals surface area contributed by atoms with Crippen LogP contribution in [0.15, 0.2) is 77.4 Å². The van der Waals surface area contributed by atoms with E-state index in [0.29, 0.717) is 11.1 Å². The first-order valence-corrected chi connectivity index (χ1v) is 25.4. The molecular formula is C47H60N10O14S2. The fourth-order valence-corrected chi connectivity index (χ4v) is 8.51. The van der Waals surface area contributed by atoms with Gasteiger partial charge in [0, 0.05) is 31.3 Å². The van der Waals surface area contributed by atoms with E-state index >= 15 is 0 Å². The maximum Gasteiger partial charge on any atom is 0.413 e. The van der Waals surface area contributed by atoms with Crippen LogP contribution >= 0.6 is 11.3 Å². The van der Waals surface area contributed by atoms with Crippen molar-refractivity contribution in [3.63, 3.8) is 0 Å². The average molecular weight is 1050 g/mol. The molecule has 24 nitrogen and oxygen atoms in total. The Labute approximate surface area is 426 Å². The highest BCUT2D eigenvalue weighted by molar-refractivity contribution is 7.84. The van der Waals surface area contributed by atoms with Crippen LogP contribution in [0.25, 0.3) is 0 Å². The number of β-lactam (4-membered cyclic amide) rings is 1. The third-order valence-electron chi connectivity index (χ3n) is 10.3. The highest BCUT2D eigenvalue weighted by Gasteiger charge is 2.57. The van der Waals surface area contributed by atoms with E-state index in [-0.39, 0.29) is 59.7 Å². The van der Waals surface area contributed by atoms with Gasteiger partial charge in [-0.05, 0) is 79.9 Å². The molecule has 2 aromatic carbocycles. The molecule has 0 radical (unpaired) electrons. The summed E-state index contributed by atoms with van der Waals surface area (Å²) in [5.41, 5.74) is -3.31. The molecule has 3 heterocycles. The molecule has 26 heteroatoms. The molecule has 0 unspecified atom stereocenters. The topological polar surface area (TPSA) is 301 Å². The zero-order valence-electron chi connectivity index (χ0n) is 41.8. The fourth-order valence-electron chi connectivity index (χ4n) is 6.96. The summed E-state index contributed by atoms with van der Waals surface area (Å²) in [6.45, 7) is 14.8. The van der Waals surface area contributed by atoms with E-state index in [1.54, 1.807) is 111 Å². The molecule has 4 N–H and O–H groups in total. The molecule has 394 valence electrons. The number of nitrogens with zero attached hydrogens (tertiary/aromatic N) is 7. The Bertz CT molecular complexity index is 2740. The Hall–Kier alpha value is -7.19. The third-order valence-corrected chi connectivity index (χ3v) is 12.0. The van der Waals surface area contributed by atoms with E-state index in [9.17, 15) is 41.7 Å². The first kappa shape index (κ1) is 55.1. The van der Waals surface area contributed by atoms with Gasteiger partial charge in [0.05, 0.1) is 19.3 Å². The lowest BCUT2D eigenvalue weighted by atomic mass is 9.98. The number of amides is 5. The Morgan fingerprint density at radius 3 is 2.04 bits per heavy atom. The second-order valence-electron chi connectivity index (χ2n) is 20.0. The van der Waals surface area contributed by atoms with E-state index in [1.807, 2.05) is 12.1 Å². The summed E-state index contributed by atoms with van der Waals surface area (Å²) in [5.74, 6) is -3.15. The zero-order valence-corrected chi connectivity index (χ0v) is 43.4. The van der Waals surface area contributed by atoms with Crippen LogP contribution in [0.3, 0.4) is 0 Å². The smallest absolute Gasteiger partial charge is 0.413 e. The fraction of sp³-hybridized carbons (Fsp3) is 0.489. The number of ether oxygens (including phenoxy) is 4. The van der Waals surface area contributed by atoms with Gasteiger partial charge in [0.15, 0.2) is 16.9 Å². The highest BCUT2D eigenvalue weighted by atomic mass is 32.2. The Balaban J connectivity index is 1.22. The Morgan fingerprint density at radius 2 is 1.48 bits per heavy atom. The average Bonchev–Trinajstić information content (AvgIpc) is 3.72. The molecule has 2 aliphatic rings. The maximum absolute atomic E-state index is 14.3. The number of anilines is 1. The lowest BCUT2D eigenvalue weighted by molar-refractivity contribution is -0.164. The predicted octanol–water partition coefficient (Wildman–Crippen LogP) is 5.52. The number of thiazole rings is 1. The number of oxime groups is 1. The predicted molar refractivity (Wildman–Crippen MR) is 262 cm³/mol. The molecule has 6 rings (SSSR count). The number of hydrogen-bond donors (Lipinski definition) is 4. The van der Waals surface area contributed by atoms with E-state index < -0.39 is 99.2 Å². The minimum atomic E-state index is -5.21. The van der Waals surface area contributed by atoms with Gasteiger partial charge in [0.2, 0.25) is 5.60 Å². The van der Waals surface area contributed by atoms with Crippen LogP contribution in [-0.4, -0.2) is 132 Å². The molecule has 0 bridgehead atoms. The molecular weight excluding hydrogens is 993 g/mol. The van der Waals surface area contributed by atoms with Crippen molar-refractivity contribution in [2.24, 2.45) is 5.16 Å². The quantitative estimate of drug-likeness (QED) is 0.0171. The lowest BCUT2D eigenvalue weighted by Crippen LogP contribution is -2.73. The van der Waals surface area contributed by atoms with Gasteiger partial charge in [-0.3, -0.25) is 19.5 Å². The van der Waals surface area contributed by atoms with Crippen LogP contribution in [0.1, 0.15) is 110 Å². The van der Waals surface area contributed by atoms with Gasteiger partial charge in [-0.15, -0.1) is 11.3 Å². The number of rotatable bonds is 19. The highest BCUT2D eigenvalue weighted by Crippen LogP contribution is 2.43. The van der Waals surface area contributed by atoms with Crippen molar-refractivity contribution in [3.8, 4) is 0 Å². The number of benzene rings is 2. The zero-order chi connectivity index (χ0) is 53.5. The summed E-state index contributed by atoms with van der Waals surface area (Å²) in [6, 6.07) is 14.9. The molecule has 5 amide bonds. The molecule has 1 aliphatic heterocycles. The minimum Gasteiger partial charge on any atom is -0.450 e. The first-order valence-electron chi connectivity index (χ1n) is 23.1. The van der Waals surface area contributed by atoms with E-state index in [4.69, 9.17) is 23.8 Å². The number of esters is 1. The number of carbonyl (C=O) groups is 6. The van der Waals surface area contributed by atoms with Crippen LogP contribution in [-0.2, 0) is 61.6 Å². The van der Waals surface area contributed by atoms with Crippen LogP contribution in [0.2, 0.25) is 0 Å². The monoisotopic (exact) mass is 1050 g/mol. The molecule has 1 saturated carbocycles. The van der Waals surface area contributed by atoms with E-state index in [1.165, 1.54) is 16.5 Å². The van der Waals surface area contributed by atoms with Gasteiger partial charge in [0.1, 0.15) is 40.3 Å². The summed E-state index contributed by atoms with van der Waals surface area (Å²) in [7, 11) is -5.21. The molecule has 2 aromatic heterocycles. The lowest BCUT2D eigenvalue weighted by Gasteiger charge is -2.43. The van der Waals surface area contributed by atoms with Gasteiger partial charge >= 0.3 is 34.6 Å². The molecule has 1 aliphatic carbocycles. The van der Waals surface area contributed by atoms with Crippen molar-refractivity contribution in [1.82, 2.24) is 39.8 Å². The second-order valence-corrected chi connectivity index (χ2v) is 22.1. The van der Waals surface area contributed by atoms with Gasteiger partial charge < -0.3 is 39.3 Å². The minimum absolute atomic E-state index is 0.0303. The SMILES string of the molecule is CC(C)(C)OC(=O)NCCCN(Cc1cnn(C[C@@H]2[C@H](NC(=O)/C(=N/OC3(C(=O)OC(c4ccccc4)c4ccccc4)CC3)c3csc(NC(=O)OC(C)(C)C)n3)C(=O)N2S(=O)(=O)O)n1)C(=O)OC(C)(C)C. The van der Waals surface area contributed by atoms with E-state index in [2.05, 4.69) is 36.3 Å². The Kier molecular flexibility index (Phi) is 16.8. The van der Waals surface area contributed by atoms with Crippen LogP contribution in [0.4, 0.5) is 19.5 Å². The molecule has 2 atom stereocenters. The number of aromatic nitrogens is 4. The summed E-state index contributed by atoms with van der Waals surface area (Å²) < 4.78 is 57.7. The van der Waals surface area contributed by atoms with Crippen molar-refractivity contribution < 1.29 is 65.5 Å². The number of alkyl carbamates (subject to hydrolysis) is 1. The van der Waals surface area contributed by atoms with Crippen molar-refractivity contribution in [1.29, 1.82) is 0 Å². The van der Waals surface area contributed by atoms with Crippen molar-refractivity contribution in [3.05, 3.63) is 94.8 Å². The van der Waals surface area contributed by atoms with Crippen molar-refractivity contribution in [2.75, 3.05) is 18.4 Å². The summed E-state index contributed by atoms with van der Waals surface area (Å²) in [4.78, 5) is 92.4. The summed E-state index contributed by atoms with van der Waals surface area (Å²) in [5, 5.41) is 21.5.